The van der Waals surface area contributed by atoms with Gasteiger partial charge in [0.2, 0.25) is 0 Å². The highest BCUT2D eigenvalue weighted by Gasteiger charge is 2.19. The van der Waals surface area contributed by atoms with Gasteiger partial charge >= 0.3 is 0 Å². The predicted molar refractivity (Wildman–Crippen MR) is 62.7 cm³/mol. The topological polar surface area (TPSA) is 73.0 Å². The lowest BCUT2D eigenvalue weighted by atomic mass is 10.2. The third-order valence-electron chi connectivity index (χ3n) is 3.09. The smallest absolute Gasteiger partial charge is 0.271 e. The van der Waals surface area contributed by atoms with Crippen molar-refractivity contribution in [2.24, 2.45) is 0 Å². The Kier molecular flexibility index (Phi) is 2.12. The highest BCUT2D eigenvalue weighted by Crippen LogP contribution is 2.23. The fourth-order valence-corrected chi connectivity index (χ4v) is 2.22. The van der Waals surface area contributed by atoms with Gasteiger partial charge in [0, 0.05) is 24.7 Å². The van der Waals surface area contributed by atoms with E-state index in [1.54, 1.807) is 12.1 Å². The zero-order valence-electron chi connectivity index (χ0n) is 9.38. The highest BCUT2D eigenvalue weighted by molar-refractivity contribution is 5.78. The van der Waals surface area contributed by atoms with Gasteiger partial charge in [-0.15, -0.1) is 0 Å². The minimum absolute atomic E-state index is 0.117. The van der Waals surface area contributed by atoms with Gasteiger partial charge in [-0.2, -0.15) is 0 Å². The molecule has 0 spiro atoms. The number of hydrogen-bond donors (Lipinski definition) is 1. The maximum absolute atomic E-state index is 10.8. The molecule has 6 nitrogen and oxygen atoms in total. The summed E-state index contributed by atoms with van der Waals surface area (Å²) in [4.78, 5) is 14.9. The first kappa shape index (κ1) is 10.2. The molecule has 1 aromatic carbocycles. The van der Waals surface area contributed by atoms with E-state index >= 15 is 0 Å². The minimum atomic E-state index is -0.371. The molecule has 1 unspecified atom stereocenters. The molecule has 1 aliphatic heterocycles. The summed E-state index contributed by atoms with van der Waals surface area (Å²) in [5.41, 5.74) is 1.79. The van der Waals surface area contributed by atoms with Crippen molar-refractivity contribution in [1.82, 2.24) is 14.9 Å². The Morgan fingerprint density at radius 2 is 2.41 bits per heavy atom. The number of nitrogens with zero attached hydrogens (tertiary/aromatic N) is 3. The zero-order valence-corrected chi connectivity index (χ0v) is 9.38. The fourth-order valence-electron chi connectivity index (χ4n) is 2.22. The molecule has 0 fully saturated rings. The molecule has 0 radical (unpaired) electrons. The molecule has 2 aromatic rings. The van der Waals surface area contributed by atoms with E-state index in [9.17, 15) is 10.1 Å². The summed E-state index contributed by atoms with van der Waals surface area (Å²) in [6.07, 6.45) is 0. The Labute approximate surface area is 97.4 Å². The van der Waals surface area contributed by atoms with Gasteiger partial charge in [0.25, 0.3) is 5.69 Å². The molecule has 1 atom stereocenters. The first-order chi connectivity index (χ1) is 8.15. The molecular weight excluding hydrogens is 220 g/mol. The van der Waals surface area contributed by atoms with Crippen molar-refractivity contribution in [3.05, 3.63) is 34.1 Å². The van der Waals surface area contributed by atoms with Gasteiger partial charge in [-0.25, -0.2) is 4.98 Å². The van der Waals surface area contributed by atoms with Crippen molar-refractivity contribution in [3.8, 4) is 0 Å². The summed E-state index contributed by atoms with van der Waals surface area (Å²) in [5, 5.41) is 14.1. The van der Waals surface area contributed by atoms with Crippen LogP contribution in [0, 0.1) is 10.1 Å². The van der Waals surface area contributed by atoms with E-state index < -0.39 is 0 Å². The van der Waals surface area contributed by atoms with Crippen LogP contribution in [0.25, 0.3) is 11.0 Å². The minimum Gasteiger partial charge on any atom is -0.325 e. The van der Waals surface area contributed by atoms with E-state index in [1.807, 2.05) is 0 Å². The SMILES string of the molecule is CC1Cn2c(nc3ccc([N+](=O)[O-])cc32)CN1. The number of rotatable bonds is 1. The third-order valence-corrected chi connectivity index (χ3v) is 3.09. The molecule has 88 valence electrons. The Morgan fingerprint density at radius 1 is 1.59 bits per heavy atom. The summed E-state index contributed by atoms with van der Waals surface area (Å²) in [5.74, 6) is 0.943. The van der Waals surface area contributed by atoms with Crippen LogP contribution in [0.5, 0.6) is 0 Å². The average Bonchev–Trinajstić information content (AvgIpc) is 2.66. The van der Waals surface area contributed by atoms with E-state index in [0.717, 1.165) is 23.4 Å². The lowest BCUT2D eigenvalue weighted by molar-refractivity contribution is -0.384. The monoisotopic (exact) mass is 232 g/mol. The number of imidazole rings is 1. The molecule has 0 saturated carbocycles. The number of benzene rings is 1. The first-order valence-electron chi connectivity index (χ1n) is 5.52. The molecule has 0 aliphatic carbocycles. The number of fused-ring (bicyclic) bond motifs is 3. The van der Waals surface area contributed by atoms with Crippen LogP contribution in [0.15, 0.2) is 18.2 Å². The highest BCUT2D eigenvalue weighted by atomic mass is 16.6. The van der Waals surface area contributed by atoms with E-state index in [0.29, 0.717) is 12.6 Å². The maximum atomic E-state index is 10.8. The van der Waals surface area contributed by atoms with E-state index in [-0.39, 0.29) is 10.6 Å². The normalized spacial score (nSPS) is 19.2. The number of nitro groups is 1. The van der Waals surface area contributed by atoms with Crippen molar-refractivity contribution < 1.29 is 4.92 Å². The van der Waals surface area contributed by atoms with Crippen LogP contribution in [-0.4, -0.2) is 20.5 Å². The van der Waals surface area contributed by atoms with Gasteiger partial charge in [0.05, 0.1) is 22.5 Å². The predicted octanol–water partition coefficient (Wildman–Crippen LogP) is 1.44. The molecule has 1 N–H and O–H groups in total. The number of non-ortho nitro benzene ring substituents is 1. The summed E-state index contributed by atoms with van der Waals surface area (Å²) < 4.78 is 2.06. The van der Waals surface area contributed by atoms with E-state index in [1.165, 1.54) is 6.07 Å². The molecule has 3 rings (SSSR count). The summed E-state index contributed by atoms with van der Waals surface area (Å²) >= 11 is 0. The number of aromatic nitrogens is 2. The molecular formula is C11H12N4O2. The van der Waals surface area contributed by atoms with E-state index in [2.05, 4.69) is 21.8 Å². The van der Waals surface area contributed by atoms with Crippen molar-refractivity contribution in [1.29, 1.82) is 0 Å². The second-order valence-corrected chi connectivity index (χ2v) is 4.35. The summed E-state index contributed by atoms with van der Waals surface area (Å²) in [7, 11) is 0. The van der Waals surface area contributed by atoms with Gasteiger partial charge in [-0.05, 0) is 13.0 Å². The van der Waals surface area contributed by atoms with Gasteiger partial charge in [-0.3, -0.25) is 10.1 Å². The molecule has 6 heteroatoms. The molecule has 17 heavy (non-hydrogen) atoms. The molecule has 0 saturated heterocycles. The molecule has 0 bridgehead atoms. The zero-order chi connectivity index (χ0) is 12.0. The van der Waals surface area contributed by atoms with Gasteiger partial charge in [0.1, 0.15) is 5.82 Å². The lowest BCUT2D eigenvalue weighted by Crippen LogP contribution is -2.36. The third kappa shape index (κ3) is 1.57. The fraction of sp³-hybridized carbons (Fsp3) is 0.364. The van der Waals surface area contributed by atoms with Crippen molar-refractivity contribution in [3.63, 3.8) is 0 Å². The quantitative estimate of drug-likeness (QED) is 0.596. The van der Waals surface area contributed by atoms with Crippen LogP contribution in [0.2, 0.25) is 0 Å². The van der Waals surface area contributed by atoms with Crippen LogP contribution in [-0.2, 0) is 13.1 Å². The Hall–Kier alpha value is -1.95. The molecule has 1 aromatic heterocycles. The first-order valence-corrected chi connectivity index (χ1v) is 5.52. The van der Waals surface area contributed by atoms with Gasteiger partial charge < -0.3 is 9.88 Å². The maximum Gasteiger partial charge on any atom is 0.271 e. The standard InChI is InChI=1S/C11H12N4O2/c1-7-6-14-10-4-8(15(16)17)2-3-9(10)13-11(14)5-12-7/h2-4,7,12H,5-6H2,1H3. The van der Waals surface area contributed by atoms with Crippen LogP contribution < -0.4 is 5.32 Å². The van der Waals surface area contributed by atoms with Crippen LogP contribution in [0.1, 0.15) is 12.7 Å². The largest absolute Gasteiger partial charge is 0.325 e. The second kappa shape index (κ2) is 3.53. The van der Waals surface area contributed by atoms with Gasteiger partial charge in [-0.1, -0.05) is 0 Å². The lowest BCUT2D eigenvalue weighted by Gasteiger charge is -2.22. The number of nitrogens with one attached hydrogen (secondary N) is 1. The Bertz CT molecular complexity index is 605. The van der Waals surface area contributed by atoms with Crippen molar-refractivity contribution >= 4 is 16.7 Å². The Balaban J connectivity index is 2.21. The van der Waals surface area contributed by atoms with Gasteiger partial charge in [0.15, 0.2) is 0 Å². The van der Waals surface area contributed by atoms with Crippen molar-refractivity contribution in [2.75, 3.05) is 0 Å². The van der Waals surface area contributed by atoms with Crippen LogP contribution in [0.3, 0.4) is 0 Å². The molecule has 2 heterocycles. The van der Waals surface area contributed by atoms with E-state index in [4.69, 9.17) is 0 Å². The van der Waals surface area contributed by atoms with Crippen LogP contribution in [0.4, 0.5) is 5.69 Å². The Morgan fingerprint density at radius 3 is 3.18 bits per heavy atom. The van der Waals surface area contributed by atoms with Crippen molar-refractivity contribution in [2.45, 2.75) is 26.1 Å². The summed E-state index contributed by atoms with van der Waals surface area (Å²) in [6.45, 7) is 3.60. The average molecular weight is 232 g/mol. The molecule has 1 aliphatic rings. The summed E-state index contributed by atoms with van der Waals surface area (Å²) in [6, 6.07) is 5.17. The number of hydrogen-bond acceptors (Lipinski definition) is 4. The second-order valence-electron chi connectivity index (χ2n) is 4.35. The van der Waals surface area contributed by atoms with Crippen LogP contribution >= 0.6 is 0 Å². The molecule has 0 amide bonds. The number of nitro benzene ring substituents is 1.